The van der Waals surface area contributed by atoms with Crippen LogP contribution in [0.4, 0.5) is 5.69 Å². The van der Waals surface area contributed by atoms with Crippen molar-refractivity contribution < 1.29 is 19.4 Å². The number of amides is 2. The van der Waals surface area contributed by atoms with Crippen molar-refractivity contribution in [2.45, 2.75) is 13.8 Å². The van der Waals surface area contributed by atoms with Gasteiger partial charge in [-0.1, -0.05) is 6.07 Å². The number of nitrogens with one attached hydrogen (secondary N) is 2. The Morgan fingerprint density at radius 3 is 2.76 bits per heavy atom. The highest BCUT2D eigenvalue weighted by Crippen LogP contribution is 2.26. The molecule has 2 aromatic carbocycles. The highest BCUT2D eigenvalue weighted by molar-refractivity contribution is 5.97. The molecular formula is C18H19N3O4. The van der Waals surface area contributed by atoms with E-state index in [4.69, 9.17) is 4.74 Å². The second-order valence-corrected chi connectivity index (χ2v) is 5.12. The van der Waals surface area contributed by atoms with Gasteiger partial charge in [0.2, 0.25) is 5.91 Å². The maximum atomic E-state index is 12.1. The van der Waals surface area contributed by atoms with Gasteiger partial charge in [-0.2, -0.15) is 5.10 Å². The van der Waals surface area contributed by atoms with E-state index in [1.807, 2.05) is 6.92 Å². The normalized spacial score (nSPS) is 10.5. The Bertz CT molecular complexity index is 803. The van der Waals surface area contributed by atoms with Crippen molar-refractivity contribution in [2.24, 2.45) is 5.10 Å². The summed E-state index contributed by atoms with van der Waals surface area (Å²) >= 11 is 0. The van der Waals surface area contributed by atoms with Gasteiger partial charge >= 0.3 is 0 Å². The Labute approximate surface area is 145 Å². The number of nitrogens with zero attached hydrogens (tertiary/aromatic N) is 1. The number of hydrogen-bond donors (Lipinski definition) is 3. The second kappa shape index (κ2) is 8.49. The molecule has 0 bridgehead atoms. The molecule has 0 saturated carbocycles. The first-order valence-electron chi connectivity index (χ1n) is 7.66. The first kappa shape index (κ1) is 18.0. The SMILES string of the molecule is CCOc1cc(C=NNC(=O)c2cccc(NC(C)=O)c2)ccc1O. The smallest absolute Gasteiger partial charge is 0.271 e. The van der Waals surface area contributed by atoms with Crippen LogP contribution in [0.25, 0.3) is 0 Å². The quantitative estimate of drug-likeness (QED) is 0.555. The molecule has 2 rings (SSSR count). The summed E-state index contributed by atoms with van der Waals surface area (Å²) in [5.41, 5.74) is 3.97. The van der Waals surface area contributed by atoms with E-state index in [0.717, 1.165) is 0 Å². The van der Waals surface area contributed by atoms with Crippen molar-refractivity contribution in [3.8, 4) is 11.5 Å². The van der Waals surface area contributed by atoms with Crippen LogP contribution >= 0.6 is 0 Å². The summed E-state index contributed by atoms with van der Waals surface area (Å²) in [4.78, 5) is 23.2. The Morgan fingerprint density at radius 1 is 1.24 bits per heavy atom. The van der Waals surface area contributed by atoms with Gasteiger partial charge in [-0.05, 0) is 48.9 Å². The summed E-state index contributed by atoms with van der Waals surface area (Å²) in [5, 5.41) is 16.1. The minimum atomic E-state index is -0.410. The summed E-state index contributed by atoms with van der Waals surface area (Å²) in [7, 11) is 0. The molecule has 0 aliphatic rings. The van der Waals surface area contributed by atoms with Crippen LogP contribution in [0.2, 0.25) is 0 Å². The summed E-state index contributed by atoms with van der Waals surface area (Å²) < 4.78 is 5.29. The van der Waals surface area contributed by atoms with Gasteiger partial charge in [0, 0.05) is 18.2 Å². The summed E-state index contributed by atoms with van der Waals surface area (Å²) in [6.07, 6.45) is 1.44. The fourth-order valence-corrected chi connectivity index (χ4v) is 2.05. The molecule has 0 radical (unpaired) electrons. The van der Waals surface area contributed by atoms with Crippen LogP contribution in [-0.4, -0.2) is 29.7 Å². The van der Waals surface area contributed by atoms with E-state index in [0.29, 0.717) is 29.2 Å². The van der Waals surface area contributed by atoms with Gasteiger partial charge in [-0.15, -0.1) is 0 Å². The zero-order valence-electron chi connectivity index (χ0n) is 13.9. The molecule has 3 N–H and O–H groups in total. The van der Waals surface area contributed by atoms with Crippen LogP contribution in [0, 0.1) is 0 Å². The van der Waals surface area contributed by atoms with Gasteiger partial charge in [-0.25, -0.2) is 5.43 Å². The number of hydrazone groups is 1. The first-order chi connectivity index (χ1) is 12.0. The molecule has 0 spiro atoms. The summed E-state index contributed by atoms with van der Waals surface area (Å²) in [6.45, 7) is 3.64. The third kappa shape index (κ3) is 5.35. The van der Waals surface area contributed by atoms with E-state index in [9.17, 15) is 14.7 Å². The second-order valence-electron chi connectivity index (χ2n) is 5.12. The molecule has 0 aliphatic carbocycles. The monoisotopic (exact) mass is 341 g/mol. The predicted octanol–water partition coefficient (Wildman–Crippen LogP) is 2.51. The third-order valence-electron chi connectivity index (χ3n) is 3.11. The number of ether oxygens (including phenoxy) is 1. The molecule has 7 heteroatoms. The number of hydrogen-bond acceptors (Lipinski definition) is 5. The molecular weight excluding hydrogens is 322 g/mol. The van der Waals surface area contributed by atoms with E-state index < -0.39 is 5.91 Å². The number of carbonyl (C=O) groups is 2. The van der Waals surface area contributed by atoms with Crippen LogP contribution in [0.1, 0.15) is 29.8 Å². The number of benzene rings is 2. The molecule has 0 aliphatic heterocycles. The summed E-state index contributed by atoms with van der Waals surface area (Å²) in [6, 6.07) is 11.3. The van der Waals surface area contributed by atoms with Crippen LogP contribution in [-0.2, 0) is 4.79 Å². The van der Waals surface area contributed by atoms with Gasteiger partial charge in [0.25, 0.3) is 5.91 Å². The van der Waals surface area contributed by atoms with Gasteiger partial charge in [-0.3, -0.25) is 9.59 Å². The zero-order valence-corrected chi connectivity index (χ0v) is 13.9. The topological polar surface area (TPSA) is 100 Å². The largest absolute Gasteiger partial charge is 0.504 e. The van der Waals surface area contributed by atoms with Crippen molar-refractivity contribution in [3.63, 3.8) is 0 Å². The molecule has 0 aromatic heterocycles. The Balaban J connectivity index is 2.03. The number of anilines is 1. The lowest BCUT2D eigenvalue weighted by atomic mass is 10.2. The Kier molecular flexibility index (Phi) is 6.11. The molecule has 25 heavy (non-hydrogen) atoms. The highest BCUT2D eigenvalue weighted by atomic mass is 16.5. The van der Waals surface area contributed by atoms with Crippen molar-refractivity contribution in [1.82, 2.24) is 5.43 Å². The van der Waals surface area contributed by atoms with Crippen LogP contribution in [0.15, 0.2) is 47.6 Å². The molecule has 7 nitrogen and oxygen atoms in total. The van der Waals surface area contributed by atoms with Crippen molar-refractivity contribution >= 4 is 23.7 Å². The van der Waals surface area contributed by atoms with Gasteiger partial charge in [0.05, 0.1) is 12.8 Å². The Morgan fingerprint density at radius 2 is 2.04 bits per heavy atom. The van der Waals surface area contributed by atoms with E-state index in [1.54, 1.807) is 36.4 Å². The lowest BCUT2D eigenvalue weighted by Crippen LogP contribution is -2.18. The molecule has 0 heterocycles. The van der Waals surface area contributed by atoms with E-state index in [-0.39, 0.29) is 11.7 Å². The maximum absolute atomic E-state index is 12.1. The number of phenols is 1. The highest BCUT2D eigenvalue weighted by Gasteiger charge is 2.06. The maximum Gasteiger partial charge on any atom is 0.271 e. The number of carbonyl (C=O) groups excluding carboxylic acids is 2. The first-order valence-corrected chi connectivity index (χ1v) is 7.66. The molecule has 0 fully saturated rings. The van der Waals surface area contributed by atoms with Gasteiger partial charge < -0.3 is 15.2 Å². The van der Waals surface area contributed by atoms with E-state index >= 15 is 0 Å². The van der Waals surface area contributed by atoms with Gasteiger partial charge in [0.15, 0.2) is 11.5 Å². The van der Waals surface area contributed by atoms with Crippen LogP contribution in [0.5, 0.6) is 11.5 Å². The van der Waals surface area contributed by atoms with Gasteiger partial charge in [0.1, 0.15) is 0 Å². The number of rotatable bonds is 6. The number of aromatic hydroxyl groups is 1. The minimum absolute atomic E-state index is 0.0396. The average molecular weight is 341 g/mol. The molecule has 130 valence electrons. The lowest BCUT2D eigenvalue weighted by molar-refractivity contribution is -0.114. The lowest BCUT2D eigenvalue weighted by Gasteiger charge is -2.06. The van der Waals surface area contributed by atoms with Crippen LogP contribution < -0.4 is 15.5 Å². The number of phenolic OH excluding ortho intramolecular Hbond substituents is 1. The van der Waals surface area contributed by atoms with Crippen LogP contribution in [0.3, 0.4) is 0 Å². The standard InChI is InChI=1S/C18H19N3O4/c1-3-25-17-9-13(7-8-16(17)23)11-19-21-18(24)14-5-4-6-15(10-14)20-12(2)22/h4-11,23H,3H2,1-2H3,(H,20,22)(H,21,24). The summed E-state index contributed by atoms with van der Waals surface area (Å²) in [5.74, 6) is -0.237. The average Bonchev–Trinajstić information content (AvgIpc) is 2.57. The molecule has 2 aromatic rings. The zero-order chi connectivity index (χ0) is 18.2. The van der Waals surface area contributed by atoms with Crippen molar-refractivity contribution in [1.29, 1.82) is 0 Å². The third-order valence-corrected chi connectivity index (χ3v) is 3.11. The van der Waals surface area contributed by atoms with Crippen molar-refractivity contribution in [3.05, 3.63) is 53.6 Å². The van der Waals surface area contributed by atoms with E-state index in [2.05, 4.69) is 15.8 Å². The van der Waals surface area contributed by atoms with E-state index in [1.165, 1.54) is 19.2 Å². The minimum Gasteiger partial charge on any atom is -0.504 e. The fraction of sp³-hybridized carbons (Fsp3) is 0.167. The van der Waals surface area contributed by atoms with Crippen molar-refractivity contribution in [2.75, 3.05) is 11.9 Å². The molecule has 0 unspecified atom stereocenters. The molecule has 0 atom stereocenters. The molecule has 2 amide bonds. The molecule has 0 saturated heterocycles. The predicted molar refractivity (Wildman–Crippen MR) is 95.1 cm³/mol. The fourth-order valence-electron chi connectivity index (χ4n) is 2.05. The Hall–Kier alpha value is -3.35.